The number of nitrogens with one attached hydrogen (secondary N) is 4. The number of carbonyl (C=O) groups excluding carboxylic acids is 2. The van der Waals surface area contributed by atoms with Crippen LogP contribution in [-0.2, 0) is 91.1 Å². The molecule has 0 aliphatic heterocycles. The van der Waals surface area contributed by atoms with Crippen LogP contribution >= 0.6 is 12.2 Å². The molecule has 0 heterocycles. The van der Waals surface area contributed by atoms with Gasteiger partial charge in [0.05, 0.1) is 41.5 Å². The number of amides is 2. The fraction of sp³-hybridized carbons (Fsp3) is 0. The molecular formula is C39H28N4O29S10. The third-order valence-corrected chi connectivity index (χ3v) is 18.9. The Labute approximate surface area is 465 Å². The van der Waals surface area contributed by atoms with Crippen LogP contribution in [0, 0.1) is 0 Å². The maximum Gasteiger partial charge on any atom is 0.297 e. The number of hydrogen-bond acceptors (Lipinski definition) is 21. The molecular weight excluding hydrogens is 1310 g/mol. The van der Waals surface area contributed by atoms with E-state index >= 15 is 0 Å². The van der Waals surface area contributed by atoms with E-state index < -0.39 is 218 Å². The van der Waals surface area contributed by atoms with Gasteiger partial charge in [-0.1, -0.05) is 6.07 Å². The lowest BCUT2D eigenvalue weighted by atomic mass is 10.1. The van der Waals surface area contributed by atoms with Gasteiger partial charge in [-0.15, -0.1) is 0 Å². The molecule has 0 spiro atoms. The first-order chi connectivity index (χ1) is 37.0. The summed E-state index contributed by atoms with van der Waals surface area (Å²) in [6.07, 6.45) is 0. The summed E-state index contributed by atoms with van der Waals surface area (Å²) in [5.74, 6) is -3.31. The van der Waals surface area contributed by atoms with Crippen molar-refractivity contribution in [1.82, 2.24) is 0 Å². The van der Waals surface area contributed by atoms with Gasteiger partial charge in [0.25, 0.3) is 103 Å². The van der Waals surface area contributed by atoms with Crippen LogP contribution in [0.15, 0.2) is 135 Å². The molecule has 0 atom stereocenters. The molecule has 13 N–H and O–H groups in total. The van der Waals surface area contributed by atoms with Gasteiger partial charge in [0.1, 0.15) is 19.6 Å². The van der Waals surface area contributed by atoms with Gasteiger partial charge in [-0.2, -0.15) is 75.8 Å². The number of anilines is 4. The fourth-order valence-electron chi connectivity index (χ4n) is 7.75. The van der Waals surface area contributed by atoms with E-state index in [1.165, 1.54) is 0 Å². The van der Waals surface area contributed by atoms with Gasteiger partial charge in [-0.3, -0.25) is 50.6 Å². The maximum atomic E-state index is 14.4. The molecule has 33 nitrogen and oxygen atoms in total. The van der Waals surface area contributed by atoms with Crippen molar-refractivity contribution < 1.29 is 126 Å². The van der Waals surface area contributed by atoms with Gasteiger partial charge in [0.15, 0.2) is 5.11 Å². The van der Waals surface area contributed by atoms with Crippen molar-refractivity contribution in [3.8, 4) is 0 Å². The quantitative estimate of drug-likeness (QED) is 0.0518. The molecule has 0 bridgehead atoms. The molecule has 0 unspecified atom stereocenters. The van der Waals surface area contributed by atoms with E-state index in [1.807, 2.05) is 16.0 Å². The van der Waals surface area contributed by atoms with E-state index in [1.54, 1.807) is 0 Å². The zero-order valence-electron chi connectivity index (χ0n) is 38.9. The molecule has 0 saturated heterocycles. The predicted molar refractivity (Wildman–Crippen MR) is 282 cm³/mol. The average molecular weight is 1340 g/mol. The first-order valence-electron chi connectivity index (χ1n) is 20.5. The third-order valence-electron chi connectivity index (χ3n) is 11.0. The standard InChI is InChI=1S/C39H28N4O29S10/c44-37(41-28-12-23(75(49,50)51)7-17-9-25(77(55,56)57)14-30(33(17)28)79(61,62)63)19-3-20(38(45)42-29-13-24(76(52,53)54)8-18-10-26(78(58,59)60)15-31(34(18)29)80(64,65)66)5-21(4-19)40-39(73)43-35-32(81(67,68)69)11-16-6-22(74(46,47)48)1-2-27(16)36(35)82(70,71)72/h1-15H,(H,41,44)(H,42,45)(H2,40,43,73)(H,46,47,48)(H,49,50,51)(H,52,53,54)(H,55,56,57)(H,58,59,60)(H,61,62,63)(H,64,65,66)(H,67,68,69)(H,70,71,72). The van der Waals surface area contributed by atoms with E-state index in [0.717, 1.165) is 0 Å². The zero-order valence-corrected chi connectivity index (χ0v) is 47.1. The minimum Gasteiger partial charge on any atom is -0.332 e. The Morgan fingerprint density at radius 1 is 0.341 bits per heavy atom. The van der Waals surface area contributed by atoms with Crippen molar-refractivity contribution in [3.63, 3.8) is 0 Å². The van der Waals surface area contributed by atoms with E-state index in [2.05, 4.69) is 5.32 Å². The van der Waals surface area contributed by atoms with Crippen LogP contribution in [0.25, 0.3) is 32.3 Å². The maximum absolute atomic E-state index is 14.4. The van der Waals surface area contributed by atoms with Crippen LogP contribution in [0.3, 0.4) is 0 Å². The molecule has 0 fully saturated rings. The highest BCUT2D eigenvalue weighted by molar-refractivity contribution is 7.88. The van der Waals surface area contributed by atoms with Crippen LogP contribution in [0.1, 0.15) is 20.7 Å². The van der Waals surface area contributed by atoms with E-state index in [4.69, 9.17) is 12.2 Å². The summed E-state index contributed by atoms with van der Waals surface area (Å²) in [7, 11) is -49.7. The summed E-state index contributed by atoms with van der Waals surface area (Å²) < 4.78 is 314. The number of fused-ring (bicyclic) bond motifs is 3. The summed E-state index contributed by atoms with van der Waals surface area (Å²) in [6, 6.07) is 6.61. The Morgan fingerprint density at radius 2 is 0.695 bits per heavy atom. The van der Waals surface area contributed by atoms with Gasteiger partial charge in [-0.25, -0.2) is 0 Å². The number of thiocarbonyl (C=S) groups is 1. The van der Waals surface area contributed by atoms with Gasteiger partial charge >= 0.3 is 0 Å². The first kappa shape index (κ1) is 62.7. The Balaban J connectivity index is 1.47. The van der Waals surface area contributed by atoms with E-state index in [0.29, 0.717) is 78.9 Å². The van der Waals surface area contributed by atoms with Crippen molar-refractivity contribution in [3.05, 3.63) is 102 Å². The van der Waals surface area contributed by atoms with Crippen molar-refractivity contribution in [2.45, 2.75) is 44.1 Å². The molecule has 0 saturated carbocycles. The highest BCUT2D eigenvalue weighted by Crippen LogP contribution is 2.40. The molecule has 0 aromatic heterocycles. The summed E-state index contributed by atoms with van der Waals surface area (Å²) in [5.41, 5.74) is -6.11. The van der Waals surface area contributed by atoms with Crippen LogP contribution in [0.4, 0.5) is 22.7 Å². The van der Waals surface area contributed by atoms with Crippen LogP contribution in [0.5, 0.6) is 0 Å². The van der Waals surface area contributed by atoms with Gasteiger partial charge < -0.3 is 21.3 Å². The van der Waals surface area contributed by atoms with Crippen molar-refractivity contribution >= 4 is 175 Å². The third kappa shape index (κ3) is 13.5. The molecule has 438 valence electrons. The Kier molecular flexibility index (Phi) is 15.9. The normalized spacial score (nSPS) is 13.2. The summed E-state index contributed by atoms with van der Waals surface area (Å²) in [4.78, 5) is 16.9. The highest BCUT2D eigenvalue weighted by Gasteiger charge is 2.32. The molecule has 0 radical (unpaired) electrons. The Morgan fingerprint density at radius 3 is 1.04 bits per heavy atom. The van der Waals surface area contributed by atoms with Crippen molar-refractivity contribution in [2.75, 3.05) is 21.3 Å². The van der Waals surface area contributed by atoms with Crippen LogP contribution in [-0.4, -0.2) is 134 Å². The molecule has 43 heteroatoms. The monoisotopic (exact) mass is 1340 g/mol. The summed E-state index contributed by atoms with van der Waals surface area (Å²) in [6.45, 7) is 0. The van der Waals surface area contributed by atoms with Gasteiger partial charge in [0, 0.05) is 33.0 Å². The second kappa shape index (κ2) is 20.8. The minimum absolute atomic E-state index is 0.140. The average Bonchev–Trinajstić information content (AvgIpc) is 3.31. The lowest BCUT2D eigenvalue weighted by Crippen LogP contribution is -2.24. The topological polar surface area (TPSA) is 572 Å². The minimum atomic E-state index is -5.75. The second-order valence-electron chi connectivity index (χ2n) is 16.5. The molecule has 7 aromatic carbocycles. The lowest BCUT2D eigenvalue weighted by molar-refractivity contribution is 0.102. The highest BCUT2D eigenvalue weighted by atomic mass is 32.3. The number of hydrogen-bond donors (Lipinski definition) is 13. The molecule has 2 amide bonds. The smallest absolute Gasteiger partial charge is 0.297 e. The first-order valence-corrected chi connectivity index (χ1v) is 33.9. The summed E-state index contributed by atoms with van der Waals surface area (Å²) >= 11 is 5.25. The van der Waals surface area contributed by atoms with E-state index in [9.17, 15) is 126 Å². The zero-order chi connectivity index (χ0) is 61.8. The molecule has 0 aliphatic carbocycles. The number of carbonyl (C=O) groups is 2. The van der Waals surface area contributed by atoms with Gasteiger partial charge in [-0.05, 0) is 113 Å². The Hall–Kier alpha value is -6.86. The SMILES string of the molecule is O=C(Nc1cc(S(=O)(=O)O)cc2cc(S(=O)(=O)O)cc(S(=O)(=O)O)c12)c1cc(NC(=S)Nc2c(S(=O)(=O)O)cc3cc(S(=O)(=O)O)ccc3c2S(=O)(=O)O)cc(C(=O)Nc2cc(S(=O)(=O)O)cc3cc(S(=O)(=O)O)cc(S(=O)(=O)O)c23)c1. The Bertz CT molecular complexity index is 4940. The van der Waals surface area contributed by atoms with Crippen LogP contribution in [0.2, 0.25) is 0 Å². The fourth-order valence-corrected chi connectivity index (χ4v) is 14.0. The predicted octanol–water partition coefficient (Wildman–Crippen LogP) is 2.68. The summed E-state index contributed by atoms with van der Waals surface area (Å²) in [5, 5.41) is 2.11. The van der Waals surface area contributed by atoms with E-state index in [-0.39, 0.29) is 12.1 Å². The number of benzene rings is 7. The van der Waals surface area contributed by atoms with Crippen LogP contribution < -0.4 is 21.3 Å². The lowest BCUT2D eigenvalue weighted by Gasteiger charge is -2.19. The molecule has 0 aliphatic rings. The second-order valence-corrected chi connectivity index (χ2v) is 29.5. The molecule has 7 rings (SSSR count). The largest absolute Gasteiger partial charge is 0.332 e. The van der Waals surface area contributed by atoms with Gasteiger partial charge in [0.2, 0.25) is 0 Å². The number of rotatable bonds is 15. The molecule has 7 aromatic rings. The van der Waals surface area contributed by atoms with Crippen molar-refractivity contribution in [1.29, 1.82) is 0 Å². The molecule has 82 heavy (non-hydrogen) atoms. The van der Waals surface area contributed by atoms with Crippen molar-refractivity contribution in [2.24, 2.45) is 0 Å².